The molecule has 0 aliphatic carbocycles. The van der Waals surface area contributed by atoms with Gasteiger partial charge < -0.3 is 19.1 Å². The number of carbonyl (C=O) groups excluding carboxylic acids is 2. The van der Waals surface area contributed by atoms with Crippen molar-refractivity contribution in [2.24, 2.45) is 0 Å². The van der Waals surface area contributed by atoms with Crippen LogP contribution in [-0.2, 0) is 14.3 Å². The number of rotatable bonds is 5. The second-order valence-electron chi connectivity index (χ2n) is 8.93. The fraction of sp³-hybridized carbons (Fsp3) is 0.346. The van der Waals surface area contributed by atoms with Crippen molar-refractivity contribution in [3.05, 3.63) is 75.2 Å². The standard InChI is InChI=1S/C26H27BrN4O4/c1-16-5-4-8-30-17(2)21(28-25(16)30)23(32)20-22(18-6-3-7-19(27)15-18)31(26(34)24(20)33)10-9-29-11-13-35-14-12-29/h3-8,15,22,32H,9-14H2,1-2H3/b23-20+. The third-order valence-electron chi connectivity index (χ3n) is 6.77. The van der Waals surface area contributed by atoms with Crippen molar-refractivity contribution in [1.82, 2.24) is 19.2 Å². The zero-order chi connectivity index (χ0) is 24.7. The summed E-state index contributed by atoms with van der Waals surface area (Å²) in [6, 6.07) is 10.6. The van der Waals surface area contributed by atoms with Crippen LogP contribution in [0.5, 0.6) is 0 Å². The lowest BCUT2D eigenvalue weighted by molar-refractivity contribution is -0.140. The van der Waals surface area contributed by atoms with Crippen LogP contribution in [0.2, 0.25) is 0 Å². The maximum atomic E-state index is 13.4. The maximum Gasteiger partial charge on any atom is 0.295 e. The van der Waals surface area contributed by atoms with Gasteiger partial charge >= 0.3 is 0 Å². The molecular weight excluding hydrogens is 512 g/mol. The number of aliphatic hydroxyl groups is 1. The van der Waals surface area contributed by atoms with E-state index in [1.165, 1.54) is 0 Å². The molecule has 1 atom stereocenters. The quantitative estimate of drug-likeness (QED) is 0.304. The Kier molecular flexibility index (Phi) is 6.48. The normalized spacial score (nSPS) is 20.8. The van der Waals surface area contributed by atoms with Crippen LogP contribution in [0, 0.1) is 13.8 Å². The van der Waals surface area contributed by atoms with Gasteiger partial charge in [-0.3, -0.25) is 14.5 Å². The number of halogens is 1. The van der Waals surface area contributed by atoms with Gasteiger partial charge in [-0.25, -0.2) is 4.98 Å². The molecule has 8 nitrogen and oxygen atoms in total. The van der Waals surface area contributed by atoms with Crippen molar-refractivity contribution >= 4 is 39.0 Å². The summed E-state index contributed by atoms with van der Waals surface area (Å²) < 4.78 is 8.13. The molecule has 1 aromatic carbocycles. The second-order valence-corrected chi connectivity index (χ2v) is 9.85. The molecule has 3 aromatic rings. The van der Waals surface area contributed by atoms with E-state index in [0.717, 1.165) is 28.7 Å². The fourth-order valence-corrected chi connectivity index (χ4v) is 5.30. The number of nitrogens with zero attached hydrogens (tertiary/aromatic N) is 4. The zero-order valence-corrected chi connectivity index (χ0v) is 21.3. The first kappa shape index (κ1) is 23.7. The van der Waals surface area contributed by atoms with E-state index in [-0.39, 0.29) is 11.3 Å². The Morgan fingerprint density at radius 3 is 2.63 bits per heavy atom. The van der Waals surface area contributed by atoms with E-state index in [1.807, 2.05) is 60.8 Å². The van der Waals surface area contributed by atoms with E-state index in [0.29, 0.717) is 43.3 Å². The third-order valence-corrected chi connectivity index (χ3v) is 7.27. The molecule has 0 saturated carbocycles. The first-order valence-corrected chi connectivity index (χ1v) is 12.4. The lowest BCUT2D eigenvalue weighted by atomic mass is 9.96. The summed E-state index contributed by atoms with van der Waals surface area (Å²) in [6.07, 6.45) is 1.87. The number of carbonyl (C=O) groups is 2. The van der Waals surface area contributed by atoms with Gasteiger partial charge in [0.2, 0.25) is 0 Å². The smallest absolute Gasteiger partial charge is 0.295 e. The molecule has 9 heteroatoms. The number of benzene rings is 1. The maximum absolute atomic E-state index is 13.4. The van der Waals surface area contributed by atoms with Gasteiger partial charge in [-0.2, -0.15) is 0 Å². The molecule has 35 heavy (non-hydrogen) atoms. The molecule has 1 N–H and O–H groups in total. The van der Waals surface area contributed by atoms with Gasteiger partial charge in [-0.15, -0.1) is 0 Å². The minimum atomic E-state index is -0.709. The van der Waals surface area contributed by atoms with Crippen LogP contribution < -0.4 is 0 Å². The zero-order valence-electron chi connectivity index (χ0n) is 19.7. The summed E-state index contributed by atoms with van der Waals surface area (Å²) >= 11 is 3.50. The van der Waals surface area contributed by atoms with E-state index >= 15 is 0 Å². The number of amides is 1. The molecule has 4 heterocycles. The number of ketones is 1. The minimum Gasteiger partial charge on any atom is -0.505 e. The number of hydrogen-bond acceptors (Lipinski definition) is 6. The minimum absolute atomic E-state index is 0.0687. The number of aliphatic hydroxyl groups excluding tert-OH is 1. The monoisotopic (exact) mass is 538 g/mol. The molecule has 5 rings (SSSR count). The van der Waals surface area contributed by atoms with Crippen LogP contribution >= 0.6 is 15.9 Å². The Bertz CT molecular complexity index is 1340. The second kappa shape index (κ2) is 9.56. The number of morpholine rings is 1. The molecule has 2 saturated heterocycles. The molecule has 1 amide bonds. The highest BCUT2D eigenvalue weighted by molar-refractivity contribution is 9.10. The Morgan fingerprint density at radius 2 is 1.91 bits per heavy atom. The number of fused-ring (bicyclic) bond motifs is 1. The van der Waals surface area contributed by atoms with Gasteiger partial charge in [0, 0.05) is 36.8 Å². The summed E-state index contributed by atoms with van der Waals surface area (Å²) in [6.45, 7) is 7.64. The van der Waals surface area contributed by atoms with Crippen LogP contribution in [-0.4, -0.2) is 75.4 Å². The van der Waals surface area contributed by atoms with Crippen LogP contribution in [0.25, 0.3) is 11.4 Å². The number of aryl methyl sites for hydroxylation is 2. The van der Waals surface area contributed by atoms with Gasteiger partial charge in [-0.1, -0.05) is 34.1 Å². The molecule has 2 aliphatic heterocycles. The molecule has 0 spiro atoms. The van der Waals surface area contributed by atoms with Gasteiger partial charge in [-0.05, 0) is 43.2 Å². The molecule has 2 aromatic heterocycles. The molecule has 2 fully saturated rings. The topological polar surface area (TPSA) is 87.4 Å². The predicted molar refractivity (Wildman–Crippen MR) is 135 cm³/mol. The number of Topliss-reactive ketones (excluding diaryl/α,β-unsaturated/α-hetero) is 1. The third kappa shape index (κ3) is 4.28. The van der Waals surface area contributed by atoms with Gasteiger partial charge in [0.15, 0.2) is 5.76 Å². The lowest BCUT2D eigenvalue weighted by Crippen LogP contribution is -2.42. The Hall–Kier alpha value is -3.01. The highest BCUT2D eigenvalue weighted by atomic mass is 79.9. The van der Waals surface area contributed by atoms with Crippen LogP contribution in [0.4, 0.5) is 0 Å². The van der Waals surface area contributed by atoms with Crippen LogP contribution in [0.1, 0.15) is 28.6 Å². The highest BCUT2D eigenvalue weighted by Gasteiger charge is 2.46. The van der Waals surface area contributed by atoms with Crippen molar-refractivity contribution in [2.45, 2.75) is 19.9 Å². The summed E-state index contributed by atoms with van der Waals surface area (Å²) in [5.41, 5.74) is 3.48. The van der Waals surface area contributed by atoms with E-state index in [4.69, 9.17) is 4.74 Å². The number of aromatic nitrogens is 2. The van der Waals surface area contributed by atoms with E-state index in [9.17, 15) is 14.7 Å². The highest BCUT2D eigenvalue weighted by Crippen LogP contribution is 2.40. The SMILES string of the molecule is Cc1cccn2c(C)c(/C(O)=C3\C(=O)C(=O)N(CCN4CCOCC4)C3c3cccc(Br)c3)nc12. The van der Waals surface area contributed by atoms with Gasteiger partial charge in [0.1, 0.15) is 11.3 Å². The Labute approximate surface area is 211 Å². The lowest BCUT2D eigenvalue weighted by Gasteiger charge is -2.31. The summed E-state index contributed by atoms with van der Waals surface area (Å²) in [5.74, 6) is -1.55. The number of ether oxygens (including phenoxy) is 1. The van der Waals surface area contributed by atoms with E-state index in [2.05, 4.69) is 25.8 Å². The van der Waals surface area contributed by atoms with E-state index < -0.39 is 17.7 Å². The molecule has 0 radical (unpaired) electrons. The number of likely N-dealkylation sites (tertiary alicyclic amines) is 1. The van der Waals surface area contributed by atoms with Crippen molar-refractivity contribution in [1.29, 1.82) is 0 Å². The largest absolute Gasteiger partial charge is 0.505 e. The molecule has 1 unspecified atom stereocenters. The number of imidazole rings is 1. The number of pyridine rings is 1. The first-order chi connectivity index (χ1) is 16.9. The summed E-state index contributed by atoms with van der Waals surface area (Å²) in [7, 11) is 0. The van der Waals surface area contributed by atoms with Crippen molar-refractivity contribution in [3.63, 3.8) is 0 Å². The van der Waals surface area contributed by atoms with Crippen molar-refractivity contribution in [2.75, 3.05) is 39.4 Å². The number of hydrogen-bond donors (Lipinski definition) is 1. The molecule has 182 valence electrons. The predicted octanol–water partition coefficient (Wildman–Crippen LogP) is 3.47. The average molecular weight is 539 g/mol. The summed E-state index contributed by atoms with van der Waals surface area (Å²) in [5, 5.41) is 11.5. The first-order valence-electron chi connectivity index (χ1n) is 11.7. The Balaban J connectivity index is 1.61. The average Bonchev–Trinajstić information content (AvgIpc) is 3.33. The van der Waals surface area contributed by atoms with Crippen molar-refractivity contribution < 1.29 is 19.4 Å². The van der Waals surface area contributed by atoms with Crippen molar-refractivity contribution in [3.8, 4) is 0 Å². The fourth-order valence-electron chi connectivity index (χ4n) is 4.88. The molecule has 2 aliphatic rings. The molecule has 0 bridgehead atoms. The van der Waals surface area contributed by atoms with Gasteiger partial charge in [0.05, 0.1) is 30.5 Å². The van der Waals surface area contributed by atoms with Crippen LogP contribution in [0.15, 0.2) is 52.6 Å². The van der Waals surface area contributed by atoms with Crippen LogP contribution in [0.3, 0.4) is 0 Å². The molecular formula is C26H27BrN4O4. The van der Waals surface area contributed by atoms with Gasteiger partial charge in [0.25, 0.3) is 11.7 Å². The summed E-state index contributed by atoms with van der Waals surface area (Å²) in [4.78, 5) is 35.0. The Morgan fingerprint density at radius 1 is 1.14 bits per heavy atom. The van der Waals surface area contributed by atoms with E-state index in [1.54, 1.807) is 4.90 Å².